The SMILES string of the molecule is CCN(C(=O)c1cnn(-c2ccccc2)n1)c1nc2ccccc2s1. The average Bonchev–Trinajstić information content (AvgIpc) is 3.30. The summed E-state index contributed by atoms with van der Waals surface area (Å²) >= 11 is 1.50. The summed E-state index contributed by atoms with van der Waals surface area (Å²) in [5.41, 5.74) is 2.00. The molecule has 0 fully saturated rings. The van der Waals surface area contributed by atoms with Crippen LogP contribution >= 0.6 is 11.3 Å². The van der Waals surface area contributed by atoms with Crippen molar-refractivity contribution < 1.29 is 4.79 Å². The second-order valence-corrected chi connectivity index (χ2v) is 6.38. The molecule has 1 amide bonds. The number of benzene rings is 2. The van der Waals surface area contributed by atoms with Gasteiger partial charge in [0.1, 0.15) is 0 Å². The molecule has 0 aliphatic carbocycles. The lowest BCUT2D eigenvalue weighted by Crippen LogP contribution is -2.30. The average molecular weight is 349 g/mol. The van der Waals surface area contributed by atoms with Crippen LogP contribution in [0, 0.1) is 0 Å². The third kappa shape index (κ3) is 2.89. The highest BCUT2D eigenvalue weighted by atomic mass is 32.1. The molecule has 0 N–H and O–H groups in total. The van der Waals surface area contributed by atoms with Gasteiger partial charge in [-0.05, 0) is 31.2 Å². The Labute approximate surface area is 148 Å². The molecule has 0 unspecified atom stereocenters. The summed E-state index contributed by atoms with van der Waals surface area (Å²) in [5.74, 6) is -0.205. The summed E-state index contributed by atoms with van der Waals surface area (Å²) in [6, 6.07) is 17.4. The van der Waals surface area contributed by atoms with E-state index in [1.165, 1.54) is 22.3 Å². The molecule has 7 heteroatoms. The van der Waals surface area contributed by atoms with Crippen LogP contribution in [0.3, 0.4) is 0 Å². The summed E-state index contributed by atoms with van der Waals surface area (Å²) in [7, 11) is 0. The zero-order valence-electron chi connectivity index (χ0n) is 13.5. The largest absolute Gasteiger partial charge is 0.283 e. The number of carbonyl (C=O) groups excluding carboxylic acids is 1. The van der Waals surface area contributed by atoms with Crippen molar-refractivity contribution in [2.24, 2.45) is 0 Å². The molecule has 0 atom stereocenters. The maximum Gasteiger partial charge on any atom is 0.282 e. The first-order valence-corrected chi connectivity index (χ1v) is 8.73. The Bertz CT molecular complexity index is 991. The fraction of sp³-hybridized carbons (Fsp3) is 0.111. The molecule has 0 saturated heterocycles. The molecule has 2 aromatic carbocycles. The first kappa shape index (κ1) is 15.5. The Kier molecular flexibility index (Phi) is 3.99. The van der Waals surface area contributed by atoms with Gasteiger partial charge >= 0.3 is 0 Å². The van der Waals surface area contributed by atoms with E-state index >= 15 is 0 Å². The summed E-state index contributed by atoms with van der Waals surface area (Å²) in [5, 5.41) is 9.19. The second-order valence-electron chi connectivity index (χ2n) is 5.37. The van der Waals surface area contributed by atoms with Crippen LogP contribution in [0.4, 0.5) is 5.13 Å². The number of amides is 1. The molecule has 0 aliphatic heterocycles. The van der Waals surface area contributed by atoms with Crippen molar-refractivity contribution in [3.63, 3.8) is 0 Å². The van der Waals surface area contributed by atoms with Gasteiger partial charge in [-0.25, -0.2) is 4.98 Å². The van der Waals surface area contributed by atoms with Crippen LogP contribution in [0.2, 0.25) is 0 Å². The predicted octanol–water partition coefficient (Wildman–Crippen LogP) is 3.54. The molecule has 0 aliphatic rings. The van der Waals surface area contributed by atoms with Crippen molar-refractivity contribution in [3.8, 4) is 5.69 Å². The molecule has 25 heavy (non-hydrogen) atoms. The van der Waals surface area contributed by atoms with E-state index in [4.69, 9.17) is 0 Å². The summed E-state index contributed by atoms with van der Waals surface area (Å²) in [4.78, 5) is 20.5. The minimum atomic E-state index is -0.205. The van der Waals surface area contributed by atoms with Crippen molar-refractivity contribution in [1.29, 1.82) is 0 Å². The molecule has 0 spiro atoms. The molecule has 6 nitrogen and oxygen atoms in total. The molecular formula is C18H15N5OS. The Morgan fingerprint density at radius 3 is 2.64 bits per heavy atom. The normalized spacial score (nSPS) is 10.9. The van der Waals surface area contributed by atoms with Crippen LogP contribution in [-0.2, 0) is 0 Å². The number of nitrogens with zero attached hydrogens (tertiary/aromatic N) is 5. The topological polar surface area (TPSA) is 63.9 Å². The third-order valence-corrected chi connectivity index (χ3v) is 4.83. The van der Waals surface area contributed by atoms with Gasteiger partial charge < -0.3 is 0 Å². The van der Waals surface area contributed by atoms with E-state index in [2.05, 4.69) is 15.2 Å². The van der Waals surface area contributed by atoms with Gasteiger partial charge in [-0.15, -0.1) is 5.10 Å². The Balaban J connectivity index is 1.65. The van der Waals surface area contributed by atoms with Crippen LogP contribution in [0.5, 0.6) is 0 Å². The third-order valence-electron chi connectivity index (χ3n) is 3.77. The lowest BCUT2D eigenvalue weighted by atomic mass is 10.3. The molecule has 0 radical (unpaired) electrons. The van der Waals surface area contributed by atoms with Crippen LogP contribution < -0.4 is 4.90 Å². The number of thiazole rings is 1. The Morgan fingerprint density at radius 1 is 1.12 bits per heavy atom. The number of hydrogen-bond donors (Lipinski definition) is 0. The quantitative estimate of drug-likeness (QED) is 0.565. The van der Waals surface area contributed by atoms with Gasteiger partial charge in [-0.1, -0.05) is 41.7 Å². The number of aromatic nitrogens is 4. The Hall–Kier alpha value is -3.06. The van der Waals surface area contributed by atoms with E-state index in [0.717, 1.165) is 15.9 Å². The highest BCUT2D eigenvalue weighted by Crippen LogP contribution is 2.29. The van der Waals surface area contributed by atoms with Gasteiger partial charge in [0.25, 0.3) is 5.91 Å². The minimum absolute atomic E-state index is 0.205. The zero-order chi connectivity index (χ0) is 17.2. The monoisotopic (exact) mass is 349 g/mol. The van der Waals surface area contributed by atoms with E-state index < -0.39 is 0 Å². The molecule has 124 valence electrons. The lowest BCUT2D eigenvalue weighted by Gasteiger charge is -2.15. The molecule has 0 bridgehead atoms. The van der Waals surface area contributed by atoms with Gasteiger partial charge in [0.05, 0.1) is 22.1 Å². The van der Waals surface area contributed by atoms with Gasteiger partial charge in [0, 0.05) is 6.54 Å². The molecule has 2 aromatic heterocycles. The zero-order valence-corrected chi connectivity index (χ0v) is 14.3. The van der Waals surface area contributed by atoms with Crippen molar-refractivity contribution in [3.05, 3.63) is 66.5 Å². The number of hydrogen-bond acceptors (Lipinski definition) is 5. The van der Waals surface area contributed by atoms with E-state index in [9.17, 15) is 4.79 Å². The van der Waals surface area contributed by atoms with Crippen molar-refractivity contribution in [2.75, 3.05) is 11.4 Å². The maximum atomic E-state index is 12.9. The molecule has 0 saturated carbocycles. The van der Waals surface area contributed by atoms with Crippen LogP contribution in [0.15, 0.2) is 60.8 Å². The van der Waals surface area contributed by atoms with E-state index in [0.29, 0.717) is 17.4 Å². The van der Waals surface area contributed by atoms with Gasteiger partial charge in [-0.3, -0.25) is 9.69 Å². The lowest BCUT2D eigenvalue weighted by molar-refractivity contribution is 0.0983. The minimum Gasteiger partial charge on any atom is -0.283 e. The first-order chi connectivity index (χ1) is 12.3. The van der Waals surface area contributed by atoms with Crippen LogP contribution in [-0.4, -0.2) is 32.4 Å². The predicted molar refractivity (Wildman–Crippen MR) is 98.3 cm³/mol. The van der Waals surface area contributed by atoms with Crippen LogP contribution in [0.25, 0.3) is 15.9 Å². The highest BCUT2D eigenvalue weighted by molar-refractivity contribution is 7.22. The number of carbonyl (C=O) groups is 1. The number of anilines is 1. The molecule has 4 rings (SSSR count). The number of fused-ring (bicyclic) bond motifs is 1. The fourth-order valence-electron chi connectivity index (χ4n) is 2.53. The van der Waals surface area contributed by atoms with Gasteiger partial charge in [-0.2, -0.15) is 9.90 Å². The first-order valence-electron chi connectivity index (χ1n) is 7.91. The maximum absolute atomic E-state index is 12.9. The standard InChI is InChI=1S/C18H15N5OS/c1-2-22(18-20-14-10-6-7-11-16(14)25-18)17(24)15-12-19-23(21-15)13-8-4-3-5-9-13/h3-12H,2H2,1H3. The van der Waals surface area contributed by atoms with E-state index in [1.54, 1.807) is 4.90 Å². The van der Waals surface area contributed by atoms with Gasteiger partial charge in [0.2, 0.25) is 0 Å². The fourth-order valence-corrected chi connectivity index (χ4v) is 3.55. The molecule has 4 aromatic rings. The van der Waals surface area contributed by atoms with E-state index in [1.807, 2.05) is 61.5 Å². The number of rotatable bonds is 4. The second kappa shape index (κ2) is 6.45. The summed E-state index contributed by atoms with van der Waals surface area (Å²) in [6.07, 6.45) is 1.49. The van der Waals surface area contributed by atoms with Crippen molar-refractivity contribution >= 4 is 32.6 Å². The van der Waals surface area contributed by atoms with Crippen LogP contribution in [0.1, 0.15) is 17.4 Å². The van der Waals surface area contributed by atoms with Crippen molar-refractivity contribution in [1.82, 2.24) is 20.0 Å². The highest BCUT2D eigenvalue weighted by Gasteiger charge is 2.22. The molecule has 2 heterocycles. The smallest absolute Gasteiger partial charge is 0.282 e. The van der Waals surface area contributed by atoms with Crippen molar-refractivity contribution in [2.45, 2.75) is 6.92 Å². The summed E-state index contributed by atoms with van der Waals surface area (Å²) in [6.45, 7) is 2.43. The molecular weight excluding hydrogens is 334 g/mol. The Morgan fingerprint density at radius 2 is 1.88 bits per heavy atom. The van der Waals surface area contributed by atoms with Gasteiger partial charge in [0.15, 0.2) is 10.8 Å². The summed E-state index contributed by atoms with van der Waals surface area (Å²) < 4.78 is 1.05. The van der Waals surface area contributed by atoms with E-state index in [-0.39, 0.29) is 5.91 Å². The number of para-hydroxylation sites is 2.